The minimum Gasteiger partial charge on any atom is -0.356 e. The molecule has 0 saturated carbocycles. The van der Waals surface area contributed by atoms with Crippen molar-refractivity contribution in [2.24, 2.45) is 0 Å². The first-order valence-corrected chi connectivity index (χ1v) is 8.41. The molecule has 138 valence electrons. The normalized spacial score (nSPS) is 10.6. The molecule has 0 bridgehead atoms. The Kier molecular flexibility index (Phi) is 5.65. The molecule has 0 aliphatic rings. The third kappa shape index (κ3) is 5.04. The van der Waals surface area contributed by atoms with Crippen LogP contribution in [-0.4, -0.2) is 38.4 Å². The van der Waals surface area contributed by atoms with Gasteiger partial charge in [0, 0.05) is 24.6 Å². The van der Waals surface area contributed by atoms with Gasteiger partial charge in [0.2, 0.25) is 11.7 Å². The van der Waals surface area contributed by atoms with Crippen LogP contribution in [0.3, 0.4) is 0 Å². The Morgan fingerprint density at radius 2 is 1.78 bits per heavy atom. The molecule has 0 spiro atoms. The van der Waals surface area contributed by atoms with Crippen molar-refractivity contribution in [1.82, 2.24) is 25.5 Å². The molecule has 2 aromatic carbocycles. The SMILES string of the molecule is CC(=O)NCCc1ccc(C(=O)Cn2nnc(-c3ccc(F)cc3)n2)cc1. The summed E-state index contributed by atoms with van der Waals surface area (Å²) in [5, 5.41) is 14.7. The number of hydrogen-bond donors (Lipinski definition) is 1. The fraction of sp³-hybridized carbons (Fsp3) is 0.211. The summed E-state index contributed by atoms with van der Waals surface area (Å²) in [6.45, 7) is 1.98. The van der Waals surface area contributed by atoms with Gasteiger partial charge in [0.25, 0.3) is 0 Å². The van der Waals surface area contributed by atoms with Crippen LogP contribution >= 0.6 is 0 Å². The first kappa shape index (κ1) is 18.4. The summed E-state index contributed by atoms with van der Waals surface area (Å²) in [4.78, 5) is 24.5. The molecule has 7 nitrogen and oxygen atoms in total. The molecule has 0 fully saturated rings. The highest BCUT2D eigenvalue weighted by Crippen LogP contribution is 2.14. The smallest absolute Gasteiger partial charge is 0.216 e. The lowest BCUT2D eigenvalue weighted by atomic mass is 10.1. The van der Waals surface area contributed by atoms with Gasteiger partial charge in [-0.15, -0.1) is 10.2 Å². The van der Waals surface area contributed by atoms with E-state index < -0.39 is 0 Å². The van der Waals surface area contributed by atoms with Crippen molar-refractivity contribution in [1.29, 1.82) is 0 Å². The number of ketones is 1. The van der Waals surface area contributed by atoms with Gasteiger partial charge < -0.3 is 5.32 Å². The predicted octanol–water partition coefficient (Wildman–Crippen LogP) is 2.04. The molecule has 0 saturated heterocycles. The van der Waals surface area contributed by atoms with Crippen LogP contribution in [0.25, 0.3) is 11.4 Å². The van der Waals surface area contributed by atoms with E-state index in [-0.39, 0.29) is 24.1 Å². The molecule has 1 N–H and O–H groups in total. The molecule has 0 atom stereocenters. The van der Waals surface area contributed by atoms with Gasteiger partial charge in [-0.3, -0.25) is 9.59 Å². The van der Waals surface area contributed by atoms with E-state index >= 15 is 0 Å². The number of halogens is 1. The van der Waals surface area contributed by atoms with Crippen molar-refractivity contribution < 1.29 is 14.0 Å². The molecule has 1 aromatic heterocycles. The first-order valence-electron chi connectivity index (χ1n) is 8.41. The van der Waals surface area contributed by atoms with Crippen LogP contribution in [0.15, 0.2) is 48.5 Å². The highest BCUT2D eigenvalue weighted by atomic mass is 19.1. The highest BCUT2D eigenvalue weighted by molar-refractivity contribution is 5.95. The zero-order valence-corrected chi connectivity index (χ0v) is 14.7. The maximum Gasteiger partial charge on any atom is 0.216 e. The average Bonchev–Trinajstić information content (AvgIpc) is 3.11. The van der Waals surface area contributed by atoms with E-state index in [4.69, 9.17) is 0 Å². The number of nitrogens with zero attached hydrogens (tertiary/aromatic N) is 4. The number of carbonyl (C=O) groups is 2. The topological polar surface area (TPSA) is 89.8 Å². The van der Waals surface area contributed by atoms with Gasteiger partial charge in [0.1, 0.15) is 12.4 Å². The molecular formula is C19H18FN5O2. The lowest BCUT2D eigenvalue weighted by Crippen LogP contribution is -2.22. The van der Waals surface area contributed by atoms with Gasteiger partial charge in [-0.2, -0.15) is 4.80 Å². The lowest BCUT2D eigenvalue weighted by Gasteiger charge is -2.04. The van der Waals surface area contributed by atoms with E-state index in [0.29, 0.717) is 29.9 Å². The number of tetrazole rings is 1. The minimum absolute atomic E-state index is 0.0422. The molecule has 0 radical (unpaired) electrons. The van der Waals surface area contributed by atoms with Crippen LogP contribution in [-0.2, 0) is 17.8 Å². The van der Waals surface area contributed by atoms with Gasteiger partial charge in [-0.25, -0.2) is 4.39 Å². The van der Waals surface area contributed by atoms with E-state index in [9.17, 15) is 14.0 Å². The lowest BCUT2D eigenvalue weighted by molar-refractivity contribution is -0.118. The molecule has 27 heavy (non-hydrogen) atoms. The van der Waals surface area contributed by atoms with Crippen molar-refractivity contribution in [3.63, 3.8) is 0 Å². The predicted molar refractivity (Wildman–Crippen MR) is 96.4 cm³/mol. The number of hydrogen-bond acceptors (Lipinski definition) is 5. The third-order valence-electron chi connectivity index (χ3n) is 3.90. The largest absolute Gasteiger partial charge is 0.356 e. The van der Waals surface area contributed by atoms with Gasteiger partial charge in [-0.05, 0) is 41.5 Å². The molecule has 3 aromatic rings. The number of aromatic nitrogens is 4. The van der Waals surface area contributed by atoms with Crippen LogP contribution in [0, 0.1) is 5.82 Å². The average molecular weight is 367 g/mol. The summed E-state index contributed by atoms with van der Waals surface area (Å²) in [5.74, 6) is -0.230. The Morgan fingerprint density at radius 1 is 1.07 bits per heavy atom. The molecule has 0 aliphatic carbocycles. The summed E-state index contributed by atoms with van der Waals surface area (Å²) >= 11 is 0. The van der Waals surface area contributed by atoms with Gasteiger partial charge in [-0.1, -0.05) is 24.3 Å². The fourth-order valence-corrected chi connectivity index (χ4v) is 2.48. The van der Waals surface area contributed by atoms with E-state index in [1.54, 1.807) is 24.3 Å². The summed E-state index contributed by atoms with van der Waals surface area (Å²) in [6.07, 6.45) is 0.694. The van der Waals surface area contributed by atoms with Crippen LogP contribution in [0.5, 0.6) is 0 Å². The van der Waals surface area contributed by atoms with E-state index in [0.717, 1.165) is 5.56 Å². The maximum absolute atomic E-state index is 13.0. The van der Waals surface area contributed by atoms with Crippen LogP contribution in [0.1, 0.15) is 22.8 Å². The molecule has 3 rings (SSSR count). The van der Waals surface area contributed by atoms with E-state index in [2.05, 4.69) is 20.7 Å². The van der Waals surface area contributed by atoms with Gasteiger partial charge >= 0.3 is 0 Å². The van der Waals surface area contributed by atoms with Crippen molar-refractivity contribution >= 4 is 11.7 Å². The molecule has 8 heteroatoms. The standard InChI is InChI=1S/C19H18FN5O2/c1-13(26)21-11-10-14-2-4-15(5-3-14)18(27)12-25-23-19(22-24-25)16-6-8-17(20)9-7-16/h2-9H,10-12H2,1H3,(H,21,26). The second kappa shape index (κ2) is 8.31. The number of amides is 1. The summed E-state index contributed by atoms with van der Waals surface area (Å²) in [5.41, 5.74) is 2.19. The quantitative estimate of drug-likeness (QED) is 0.646. The van der Waals surface area contributed by atoms with E-state index in [1.807, 2.05) is 12.1 Å². The number of Topliss-reactive ketones (excluding diaryl/α,β-unsaturated/α-hetero) is 1. The Hall–Kier alpha value is -3.42. The maximum atomic E-state index is 13.0. The van der Waals surface area contributed by atoms with Gasteiger partial charge in [0.05, 0.1) is 0 Å². The first-order chi connectivity index (χ1) is 13.0. The second-order valence-electron chi connectivity index (χ2n) is 6.00. The van der Waals surface area contributed by atoms with Crippen molar-refractivity contribution in [2.75, 3.05) is 6.54 Å². The molecular weight excluding hydrogens is 349 g/mol. The van der Waals surface area contributed by atoms with E-state index in [1.165, 1.54) is 23.9 Å². The van der Waals surface area contributed by atoms with Crippen LogP contribution < -0.4 is 5.32 Å². The number of nitrogens with one attached hydrogen (secondary N) is 1. The molecule has 1 heterocycles. The molecule has 0 unspecified atom stereocenters. The molecule has 0 aliphatic heterocycles. The monoisotopic (exact) mass is 367 g/mol. The molecule has 1 amide bonds. The Labute approximate surface area is 155 Å². The minimum atomic E-state index is -0.346. The summed E-state index contributed by atoms with van der Waals surface area (Å²) in [6, 6.07) is 12.9. The van der Waals surface area contributed by atoms with Gasteiger partial charge in [0.15, 0.2) is 5.78 Å². The van der Waals surface area contributed by atoms with Crippen LogP contribution in [0.2, 0.25) is 0 Å². The Bertz CT molecular complexity index is 935. The fourth-order valence-electron chi connectivity index (χ4n) is 2.48. The van der Waals surface area contributed by atoms with Crippen molar-refractivity contribution in [3.8, 4) is 11.4 Å². The zero-order chi connectivity index (χ0) is 19.2. The Morgan fingerprint density at radius 3 is 2.44 bits per heavy atom. The number of benzene rings is 2. The number of carbonyl (C=O) groups excluding carboxylic acids is 2. The highest BCUT2D eigenvalue weighted by Gasteiger charge is 2.11. The summed E-state index contributed by atoms with van der Waals surface area (Å²) < 4.78 is 13.0. The van der Waals surface area contributed by atoms with Crippen molar-refractivity contribution in [2.45, 2.75) is 19.9 Å². The second-order valence-corrected chi connectivity index (χ2v) is 6.00. The third-order valence-corrected chi connectivity index (χ3v) is 3.90. The zero-order valence-electron chi connectivity index (χ0n) is 14.7. The Balaban J connectivity index is 1.60. The van der Waals surface area contributed by atoms with Crippen LogP contribution in [0.4, 0.5) is 4.39 Å². The van der Waals surface area contributed by atoms with Crippen molar-refractivity contribution in [3.05, 3.63) is 65.5 Å². The number of rotatable bonds is 7. The summed E-state index contributed by atoms with van der Waals surface area (Å²) in [7, 11) is 0.